The molecule has 1 saturated heterocycles. The van der Waals surface area contributed by atoms with Crippen LogP contribution in [-0.2, 0) is 4.79 Å². The summed E-state index contributed by atoms with van der Waals surface area (Å²) >= 11 is 0. The van der Waals surface area contributed by atoms with Crippen LogP contribution in [0.2, 0.25) is 0 Å². The van der Waals surface area contributed by atoms with E-state index in [1.54, 1.807) is 12.1 Å². The standard InChI is InChI=1S/C17H26N2O2/c1-17(2,3)13-8-10-19(11-9-13)16(20)12-21-15-7-5-4-6-14(15)18/h4-7,13H,8-12,18H2,1-3H3. The van der Waals surface area contributed by atoms with Gasteiger partial charge in [-0.2, -0.15) is 0 Å². The van der Waals surface area contributed by atoms with Gasteiger partial charge >= 0.3 is 0 Å². The average Bonchev–Trinajstić information content (AvgIpc) is 2.45. The highest BCUT2D eigenvalue weighted by molar-refractivity contribution is 5.78. The van der Waals surface area contributed by atoms with Gasteiger partial charge in [0.15, 0.2) is 6.61 Å². The lowest BCUT2D eigenvalue weighted by atomic mass is 9.75. The van der Waals surface area contributed by atoms with Gasteiger partial charge in [-0.3, -0.25) is 4.79 Å². The van der Waals surface area contributed by atoms with Gasteiger partial charge in [-0.1, -0.05) is 32.9 Å². The Labute approximate surface area is 127 Å². The largest absolute Gasteiger partial charge is 0.482 e. The number of hydrogen-bond acceptors (Lipinski definition) is 3. The molecule has 1 aromatic rings. The van der Waals surface area contributed by atoms with Crippen molar-refractivity contribution in [2.24, 2.45) is 11.3 Å². The summed E-state index contributed by atoms with van der Waals surface area (Å²) in [7, 11) is 0. The Morgan fingerprint density at radius 3 is 2.48 bits per heavy atom. The van der Waals surface area contributed by atoms with E-state index in [9.17, 15) is 4.79 Å². The molecule has 1 aliphatic heterocycles. The molecule has 0 spiro atoms. The number of anilines is 1. The Balaban J connectivity index is 1.82. The molecular weight excluding hydrogens is 264 g/mol. The van der Waals surface area contributed by atoms with Crippen LogP contribution in [-0.4, -0.2) is 30.5 Å². The molecule has 2 rings (SSSR count). The number of carbonyl (C=O) groups excluding carboxylic acids is 1. The molecule has 2 N–H and O–H groups in total. The Morgan fingerprint density at radius 2 is 1.90 bits per heavy atom. The van der Waals surface area contributed by atoms with Gasteiger partial charge in [-0.15, -0.1) is 0 Å². The van der Waals surface area contributed by atoms with E-state index in [4.69, 9.17) is 10.5 Å². The Bertz CT molecular complexity index is 486. The molecule has 1 amide bonds. The van der Waals surface area contributed by atoms with Crippen LogP contribution in [0.15, 0.2) is 24.3 Å². The number of likely N-dealkylation sites (tertiary alicyclic amines) is 1. The first-order valence-corrected chi connectivity index (χ1v) is 7.63. The van der Waals surface area contributed by atoms with Gasteiger partial charge in [0.1, 0.15) is 5.75 Å². The SMILES string of the molecule is CC(C)(C)C1CCN(C(=O)COc2ccccc2N)CC1. The molecule has 1 fully saturated rings. The van der Waals surface area contributed by atoms with Crippen LogP contribution >= 0.6 is 0 Å². The zero-order valence-corrected chi connectivity index (χ0v) is 13.3. The summed E-state index contributed by atoms with van der Waals surface area (Å²) in [4.78, 5) is 14.1. The Morgan fingerprint density at radius 1 is 1.29 bits per heavy atom. The topological polar surface area (TPSA) is 55.6 Å². The molecule has 0 unspecified atom stereocenters. The second kappa shape index (κ2) is 6.37. The monoisotopic (exact) mass is 290 g/mol. The number of rotatable bonds is 3. The number of hydrogen-bond donors (Lipinski definition) is 1. The highest BCUT2D eigenvalue weighted by Gasteiger charge is 2.30. The third-order valence-corrected chi connectivity index (χ3v) is 4.34. The molecular formula is C17H26N2O2. The minimum Gasteiger partial charge on any atom is -0.482 e. The first kappa shape index (κ1) is 15.7. The summed E-state index contributed by atoms with van der Waals surface area (Å²) in [6, 6.07) is 7.26. The van der Waals surface area contributed by atoms with E-state index in [1.807, 2.05) is 17.0 Å². The minimum absolute atomic E-state index is 0.0469. The summed E-state index contributed by atoms with van der Waals surface area (Å²) < 4.78 is 5.53. The van der Waals surface area contributed by atoms with Crippen molar-refractivity contribution in [2.75, 3.05) is 25.4 Å². The van der Waals surface area contributed by atoms with Crippen LogP contribution in [0.1, 0.15) is 33.6 Å². The molecule has 0 atom stereocenters. The fourth-order valence-corrected chi connectivity index (χ4v) is 2.84. The van der Waals surface area contributed by atoms with E-state index in [-0.39, 0.29) is 12.5 Å². The summed E-state index contributed by atoms with van der Waals surface area (Å²) in [6.45, 7) is 8.54. The van der Waals surface area contributed by atoms with Crippen molar-refractivity contribution in [2.45, 2.75) is 33.6 Å². The van der Waals surface area contributed by atoms with Crippen LogP contribution in [0.25, 0.3) is 0 Å². The van der Waals surface area contributed by atoms with Crippen molar-refractivity contribution in [1.82, 2.24) is 4.90 Å². The van der Waals surface area contributed by atoms with Crippen LogP contribution in [0.4, 0.5) is 5.69 Å². The molecule has 0 aliphatic carbocycles. The second-order valence-electron chi connectivity index (χ2n) is 6.85. The highest BCUT2D eigenvalue weighted by Crippen LogP contribution is 2.34. The van der Waals surface area contributed by atoms with Gasteiger partial charge in [-0.25, -0.2) is 0 Å². The van der Waals surface area contributed by atoms with Crippen molar-refractivity contribution in [3.8, 4) is 5.75 Å². The van der Waals surface area contributed by atoms with Crippen molar-refractivity contribution < 1.29 is 9.53 Å². The molecule has 1 heterocycles. The number of nitrogen functional groups attached to an aromatic ring is 1. The number of carbonyl (C=O) groups is 1. The van der Waals surface area contributed by atoms with Crippen LogP contribution in [0, 0.1) is 11.3 Å². The van der Waals surface area contributed by atoms with E-state index in [0.29, 0.717) is 22.8 Å². The molecule has 0 bridgehead atoms. The number of para-hydroxylation sites is 2. The van der Waals surface area contributed by atoms with Gasteiger partial charge in [0.2, 0.25) is 0 Å². The molecule has 116 valence electrons. The lowest BCUT2D eigenvalue weighted by molar-refractivity contribution is -0.135. The molecule has 21 heavy (non-hydrogen) atoms. The van der Waals surface area contributed by atoms with Gasteiger partial charge in [-0.05, 0) is 36.3 Å². The number of benzene rings is 1. The minimum atomic E-state index is 0.0469. The first-order valence-electron chi connectivity index (χ1n) is 7.63. The number of nitrogens with two attached hydrogens (primary N) is 1. The molecule has 0 radical (unpaired) electrons. The first-order chi connectivity index (χ1) is 9.88. The quantitative estimate of drug-likeness (QED) is 0.871. The van der Waals surface area contributed by atoms with Crippen LogP contribution < -0.4 is 10.5 Å². The molecule has 1 aliphatic rings. The van der Waals surface area contributed by atoms with E-state index < -0.39 is 0 Å². The third-order valence-electron chi connectivity index (χ3n) is 4.34. The van der Waals surface area contributed by atoms with Gasteiger partial charge < -0.3 is 15.4 Å². The normalized spacial score (nSPS) is 16.8. The van der Waals surface area contributed by atoms with Crippen LogP contribution in [0.3, 0.4) is 0 Å². The lowest BCUT2D eigenvalue weighted by Crippen LogP contribution is -2.43. The highest BCUT2D eigenvalue weighted by atomic mass is 16.5. The lowest BCUT2D eigenvalue weighted by Gasteiger charge is -2.38. The summed E-state index contributed by atoms with van der Waals surface area (Å²) in [6.07, 6.45) is 2.14. The van der Waals surface area contributed by atoms with Crippen molar-refractivity contribution in [1.29, 1.82) is 0 Å². The second-order valence-corrected chi connectivity index (χ2v) is 6.85. The fourth-order valence-electron chi connectivity index (χ4n) is 2.84. The van der Waals surface area contributed by atoms with E-state index in [2.05, 4.69) is 20.8 Å². The van der Waals surface area contributed by atoms with Gasteiger partial charge in [0, 0.05) is 13.1 Å². The molecule has 1 aromatic carbocycles. The number of nitrogens with zero attached hydrogens (tertiary/aromatic N) is 1. The maximum Gasteiger partial charge on any atom is 0.260 e. The molecule has 0 saturated carbocycles. The van der Waals surface area contributed by atoms with Gasteiger partial charge in [0.05, 0.1) is 5.69 Å². The number of ether oxygens (including phenoxy) is 1. The summed E-state index contributed by atoms with van der Waals surface area (Å²) in [5.41, 5.74) is 6.69. The Kier molecular flexibility index (Phi) is 4.76. The zero-order chi connectivity index (χ0) is 15.5. The van der Waals surface area contributed by atoms with Crippen molar-refractivity contribution >= 4 is 11.6 Å². The molecule has 4 heteroatoms. The summed E-state index contributed by atoms with van der Waals surface area (Å²) in [5.74, 6) is 1.31. The molecule has 4 nitrogen and oxygen atoms in total. The predicted molar refractivity (Wildman–Crippen MR) is 85.1 cm³/mol. The fraction of sp³-hybridized carbons (Fsp3) is 0.588. The maximum atomic E-state index is 12.2. The third kappa shape index (κ3) is 4.13. The summed E-state index contributed by atoms with van der Waals surface area (Å²) in [5, 5.41) is 0. The Hall–Kier alpha value is -1.71. The average molecular weight is 290 g/mol. The van der Waals surface area contributed by atoms with Gasteiger partial charge in [0.25, 0.3) is 5.91 Å². The maximum absolute atomic E-state index is 12.2. The number of piperidine rings is 1. The van der Waals surface area contributed by atoms with Crippen molar-refractivity contribution in [3.05, 3.63) is 24.3 Å². The van der Waals surface area contributed by atoms with E-state index in [0.717, 1.165) is 25.9 Å². The van der Waals surface area contributed by atoms with E-state index in [1.165, 1.54) is 0 Å². The van der Waals surface area contributed by atoms with Crippen molar-refractivity contribution in [3.63, 3.8) is 0 Å². The molecule has 0 aromatic heterocycles. The zero-order valence-electron chi connectivity index (χ0n) is 13.3. The predicted octanol–water partition coefficient (Wildman–Crippen LogP) is 2.93. The smallest absolute Gasteiger partial charge is 0.260 e. The number of amides is 1. The van der Waals surface area contributed by atoms with Crippen LogP contribution in [0.5, 0.6) is 5.75 Å². The van der Waals surface area contributed by atoms with E-state index >= 15 is 0 Å².